The van der Waals surface area contributed by atoms with Crippen molar-refractivity contribution in [1.82, 2.24) is 4.57 Å². The summed E-state index contributed by atoms with van der Waals surface area (Å²) in [6.45, 7) is 5.64. The van der Waals surface area contributed by atoms with Gasteiger partial charge in [-0.1, -0.05) is 45.4 Å². The largest absolute Gasteiger partial charge is 1.00 e. The lowest BCUT2D eigenvalue weighted by Crippen LogP contribution is -3.00. The van der Waals surface area contributed by atoms with Gasteiger partial charge in [-0.2, -0.15) is 0 Å². The van der Waals surface area contributed by atoms with E-state index in [4.69, 9.17) is 0 Å². The van der Waals surface area contributed by atoms with Gasteiger partial charge >= 0.3 is 0 Å². The van der Waals surface area contributed by atoms with Crippen LogP contribution in [0.25, 0.3) is 0 Å². The number of hydrogen-bond acceptors (Lipinski definition) is 0. The molecule has 0 aliphatic rings. The van der Waals surface area contributed by atoms with Gasteiger partial charge < -0.3 is 24.0 Å². The first kappa shape index (κ1) is 17.9. The number of hydrogen-bond donors (Lipinski definition) is 0. The molecule has 0 radical (unpaired) electrons. The van der Waals surface area contributed by atoms with E-state index in [2.05, 4.69) is 42.4 Å². The summed E-state index contributed by atoms with van der Waals surface area (Å²) in [6.07, 6.45) is 15.5. The predicted molar refractivity (Wildman–Crippen MR) is 73.0 cm³/mol. The van der Waals surface area contributed by atoms with Gasteiger partial charge in [0.05, 0.1) is 13.6 Å². The van der Waals surface area contributed by atoms with E-state index in [1.54, 1.807) is 0 Å². The molecule has 0 bridgehead atoms. The van der Waals surface area contributed by atoms with Crippen molar-refractivity contribution < 1.29 is 28.5 Å². The van der Waals surface area contributed by atoms with Gasteiger partial charge in [-0.25, -0.2) is 9.13 Å². The molecule has 0 N–H and O–H groups in total. The number of imidazole rings is 1. The van der Waals surface area contributed by atoms with Crippen molar-refractivity contribution in [3.8, 4) is 0 Å². The van der Waals surface area contributed by atoms with Crippen LogP contribution < -0.4 is 28.5 Å². The van der Waals surface area contributed by atoms with Gasteiger partial charge in [0, 0.05) is 6.92 Å². The lowest BCUT2D eigenvalue weighted by molar-refractivity contribution is -0.677. The Morgan fingerprint density at radius 1 is 1.00 bits per heavy atom. The van der Waals surface area contributed by atoms with Gasteiger partial charge in [0.25, 0.3) is 5.82 Å². The average Bonchev–Trinajstić information content (AvgIpc) is 2.64. The normalized spacial score (nSPS) is 10.4. The average molecular weight is 364 g/mol. The molecule has 0 spiro atoms. The first-order chi connectivity index (χ1) is 8.25. The molecule has 0 saturated heterocycles. The van der Waals surface area contributed by atoms with E-state index in [0.29, 0.717) is 0 Å². The molecule has 0 aromatic carbocycles. The van der Waals surface area contributed by atoms with E-state index in [0.717, 1.165) is 0 Å². The molecule has 2 nitrogen and oxygen atoms in total. The smallest absolute Gasteiger partial charge is 0.253 e. The predicted octanol–water partition coefficient (Wildman–Crippen LogP) is 0.766. The van der Waals surface area contributed by atoms with Crippen molar-refractivity contribution in [3.63, 3.8) is 0 Å². The van der Waals surface area contributed by atoms with Crippen molar-refractivity contribution in [1.29, 1.82) is 0 Å². The Bertz CT molecular complexity index is 307. The summed E-state index contributed by atoms with van der Waals surface area (Å²) in [5, 5.41) is 0. The van der Waals surface area contributed by atoms with Gasteiger partial charge in [0.1, 0.15) is 12.4 Å². The second kappa shape index (κ2) is 10.8. The molecule has 0 aliphatic heterocycles. The summed E-state index contributed by atoms with van der Waals surface area (Å²) in [5.74, 6) is 1.35. The molecule has 1 aromatic heterocycles. The number of rotatable bonds is 9. The summed E-state index contributed by atoms with van der Waals surface area (Å²) < 4.78 is 4.54. The molecule has 0 aliphatic carbocycles. The van der Waals surface area contributed by atoms with Gasteiger partial charge in [0.2, 0.25) is 0 Å². The third-order valence-electron chi connectivity index (χ3n) is 3.65. The topological polar surface area (TPSA) is 8.81 Å². The molecule has 0 unspecified atom stereocenters. The van der Waals surface area contributed by atoms with Gasteiger partial charge in [-0.15, -0.1) is 0 Å². The molecule has 1 heterocycles. The van der Waals surface area contributed by atoms with Crippen LogP contribution in [-0.4, -0.2) is 4.57 Å². The summed E-state index contributed by atoms with van der Waals surface area (Å²) in [4.78, 5) is 0. The molecule has 0 fully saturated rings. The molecule has 1 aromatic rings. The van der Waals surface area contributed by atoms with Crippen LogP contribution in [0.5, 0.6) is 0 Å². The Kier molecular flexibility index (Phi) is 10.8. The molecule has 18 heavy (non-hydrogen) atoms. The lowest BCUT2D eigenvalue weighted by atomic mass is 10.1. The molecular weight excluding hydrogens is 335 g/mol. The van der Waals surface area contributed by atoms with Gasteiger partial charge in [-0.05, 0) is 12.8 Å². The van der Waals surface area contributed by atoms with E-state index in [1.165, 1.54) is 63.7 Å². The molecule has 0 saturated carbocycles. The third-order valence-corrected chi connectivity index (χ3v) is 3.65. The Morgan fingerprint density at radius 3 is 2.06 bits per heavy atom. The Balaban J connectivity index is 0.00000289. The Morgan fingerprint density at radius 2 is 1.56 bits per heavy atom. The van der Waals surface area contributed by atoms with Crippen molar-refractivity contribution in [3.05, 3.63) is 18.2 Å². The third kappa shape index (κ3) is 6.76. The minimum absolute atomic E-state index is 0. The van der Waals surface area contributed by atoms with Crippen LogP contribution >= 0.6 is 0 Å². The fraction of sp³-hybridized carbons (Fsp3) is 0.800. The quantitative estimate of drug-likeness (QED) is 0.348. The number of aryl methyl sites for hydroxylation is 2. The van der Waals surface area contributed by atoms with Crippen LogP contribution in [0.2, 0.25) is 0 Å². The number of unbranched alkanes of at least 4 members (excludes halogenated alkanes) is 7. The highest BCUT2D eigenvalue weighted by Crippen LogP contribution is 2.09. The summed E-state index contributed by atoms with van der Waals surface area (Å²) in [6, 6.07) is 0. The van der Waals surface area contributed by atoms with Crippen LogP contribution in [0.4, 0.5) is 0 Å². The van der Waals surface area contributed by atoms with Crippen LogP contribution in [0, 0.1) is 6.92 Å². The van der Waals surface area contributed by atoms with Crippen molar-refractivity contribution in [2.24, 2.45) is 7.05 Å². The first-order valence-corrected chi connectivity index (χ1v) is 7.27. The lowest BCUT2D eigenvalue weighted by Gasteiger charge is -2.01. The fourth-order valence-corrected chi connectivity index (χ4v) is 2.25. The zero-order chi connectivity index (χ0) is 12.5. The second-order valence-corrected chi connectivity index (χ2v) is 5.12. The fourth-order valence-electron chi connectivity index (χ4n) is 2.25. The van der Waals surface area contributed by atoms with Gasteiger partial charge in [-0.3, -0.25) is 0 Å². The van der Waals surface area contributed by atoms with E-state index < -0.39 is 0 Å². The van der Waals surface area contributed by atoms with Crippen LogP contribution in [-0.2, 0) is 13.6 Å². The van der Waals surface area contributed by atoms with E-state index in [1.807, 2.05) is 0 Å². The zero-order valence-corrected chi connectivity index (χ0v) is 14.4. The summed E-state index contributed by atoms with van der Waals surface area (Å²) >= 11 is 0. The molecule has 3 heteroatoms. The molecule has 0 atom stereocenters. The minimum Gasteiger partial charge on any atom is -1.00 e. The van der Waals surface area contributed by atoms with Crippen molar-refractivity contribution >= 4 is 0 Å². The highest BCUT2D eigenvalue weighted by atomic mass is 127. The number of nitrogens with zero attached hydrogens (tertiary/aromatic N) is 2. The van der Waals surface area contributed by atoms with E-state index >= 15 is 0 Å². The summed E-state index contributed by atoms with van der Waals surface area (Å²) in [7, 11) is 2.11. The van der Waals surface area contributed by atoms with E-state index in [-0.39, 0.29) is 24.0 Å². The highest BCUT2D eigenvalue weighted by Gasteiger charge is 2.07. The standard InChI is InChI=1S/C15H29N2.HI/c1-4-5-6-7-8-9-10-11-12-17-14-13-16(3)15(17)2;/h13-14H,4-12H2,1-3H3;1H/q+1;/p-1. The maximum Gasteiger partial charge on any atom is 0.253 e. The zero-order valence-electron chi connectivity index (χ0n) is 12.3. The maximum absolute atomic E-state index is 2.36. The number of aromatic nitrogens is 2. The Labute approximate surface area is 130 Å². The van der Waals surface area contributed by atoms with Crippen LogP contribution in [0.15, 0.2) is 12.4 Å². The SMILES string of the molecule is CCCCCCCCCCn1cc[n+](C)c1C.[I-]. The monoisotopic (exact) mass is 364 g/mol. The molecule has 0 amide bonds. The first-order valence-electron chi connectivity index (χ1n) is 7.27. The molecule has 1 rings (SSSR count). The van der Waals surface area contributed by atoms with Crippen LogP contribution in [0.1, 0.15) is 64.1 Å². The second-order valence-electron chi connectivity index (χ2n) is 5.12. The molecule has 106 valence electrons. The van der Waals surface area contributed by atoms with E-state index in [9.17, 15) is 0 Å². The Hall–Kier alpha value is -0.0600. The van der Waals surface area contributed by atoms with Crippen molar-refractivity contribution in [2.45, 2.75) is 71.8 Å². The highest BCUT2D eigenvalue weighted by molar-refractivity contribution is 4.78. The van der Waals surface area contributed by atoms with Gasteiger partial charge in [0.15, 0.2) is 0 Å². The van der Waals surface area contributed by atoms with Crippen molar-refractivity contribution in [2.75, 3.05) is 0 Å². The molecular formula is C15H29IN2. The minimum atomic E-state index is 0. The van der Waals surface area contributed by atoms with Crippen LogP contribution in [0.3, 0.4) is 0 Å². The maximum atomic E-state index is 2.36. The number of halogens is 1. The summed E-state index contributed by atoms with van der Waals surface area (Å²) in [5.41, 5.74) is 0.